The smallest absolute Gasteiger partial charge is 0.228 e. The molecule has 1 aliphatic rings. The standard InChI is InChI=1S/C22H25FN8/c1-5-6-14-8-17(11-26-19(14)24-4)28-22-30-20(15-7-16(23)10-25-9-15)29-21-18(13(2)3)12-27-31(21)22/h5-7,9-10,12-13,17,26H,4,8,11H2,1-3H3,(H,28,29,30)/b6-5-/t17-/m1/s1. The van der Waals surface area contributed by atoms with Gasteiger partial charge in [0.1, 0.15) is 11.6 Å². The topological polar surface area (TPSA) is 92.4 Å². The predicted molar refractivity (Wildman–Crippen MR) is 119 cm³/mol. The molecule has 0 aromatic carbocycles. The van der Waals surface area contributed by atoms with Crippen LogP contribution in [0.2, 0.25) is 0 Å². The molecule has 0 spiro atoms. The second kappa shape index (κ2) is 8.63. The van der Waals surface area contributed by atoms with Crippen molar-refractivity contribution >= 4 is 18.3 Å². The number of allylic oxidation sites excluding steroid dienone is 2. The molecule has 4 heterocycles. The van der Waals surface area contributed by atoms with Crippen LogP contribution in [0, 0.1) is 5.82 Å². The summed E-state index contributed by atoms with van der Waals surface area (Å²) in [4.78, 5) is 17.4. The normalized spacial score (nSPS) is 16.9. The summed E-state index contributed by atoms with van der Waals surface area (Å²) in [5.41, 5.74) is 3.25. The first-order valence-electron chi connectivity index (χ1n) is 10.2. The van der Waals surface area contributed by atoms with Gasteiger partial charge in [-0.25, -0.2) is 14.4 Å². The number of aliphatic imine (C=N–C) groups is 1. The van der Waals surface area contributed by atoms with Crippen molar-refractivity contribution in [2.45, 2.75) is 39.2 Å². The second-order valence-corrected chi connectivity index (χ2v) is 7.71. The van der Waals surface area contributed by atoms with Gasteiger partial charge in [-0.05, 0) is 37.6 Å². The zero-order valence-corrected chi connectivity index (χ0v) is 17.8. The van der Waals surface area contributed by atoms with Crippen molar-refractivity contribution in [3.8, 4) is 11.4 Å². The van der Waals surface area contributed by atoms with Crippen LogP contribution in [0.25, 0.3) is 17.0 Å². The van der Waals surface area contributed by atoms with Gasteiger partial charge in [0.15, 0.2) is 11.5 Å². The highest BCUT2D eigenvalue weighted by atomic mass is 19.1. The maximum atomic E-state index is 13.8. The van der Waals surface area contributed by atoms with Crippen LogP contribution in [-0.2, 0) is 0 Å². The fourth-order valence-corrected chi connectivity index (χ4v) is 3.62. The Morgan fingerprint density at radius 3 is 2.87 bits per heavy atom. The van der Waals surface area contributed by atoms with E-state index in [9.17, 15) is 4.39 Å². The zero-order valence-electron chi connectivity index (χ0n) is 17.8. The fraction of sp³-hybridized carbons (Fsp3) is 0.318. The largest absolute Gasteiger partial charge is 0.368 e. The molecular weight excluding hydrogens is 395 g/mol. The number of rotatable bonds is 6. The fourth-order valence-electron chi connectivity index (χ4n) is 3.62. The van der Waals surface area contributed by atoms with Gasteiger partial charge in [0.05, 0.1) is 18.4 Å². The van der Waals surface area contributed by atoms with Crippen molar-refractivity contribution in [1.82, 2.24) is 29.9 Å². The summed E-state index contributed by atoms with van der Waals surface area (Å²) in [6.07, 6.45) is 9.26. The lowest BCUT2D eigenvalue weighted by Gasteiger charge is -2.27. The first-order valence-corrected chi connectivity index (χ1v) is 10.2. The summed E-state index contributed by atoms with van der Waals surface area (Å²) >= 11 is 0. The van der Waals surface area contributed by atoms with Crippen LogP contribution in [0.5, 0.6) is 0 Å². The minimum atomic E-state index is -0.435. The molecule has 0 saturated carbocycles. The quantitative estimate of drug-likeness (QED) is 0.591. The van der Waals surface area contributed by atoms with Crippen molar-refractivity contribution in [1.29, 1.82) is 0 Å². The number of anilines is 1. The number of fused-ring (bicyclic) bond motifs is 1. The molecule has 1 aliphatic heterocycles. The monoisotopic (exact) mass is 420 g/mol. The van der Waals surface area contributed by atoms with Gasteiger partial charge in [-0.2, -0.15) is 14.6 Å². The molecular formula is C22H25FN8. The highest BCUT2D eigenvalue weighted by molar-refractivity contribution is 5.62. The van der Waals surface area contributed by atoms with Gasteiger partial charge in [-0.15, -0.1) is 0 Å². The minimum absolute atomic E-state index is 0.0417. The number of pyridine rings is 1. The van der Waals surface area contributed by atoms with E-state index in [-0.39, 0.29) is 12.0 Å². The second-order valence-electron chi connectivity index (χ2n) is 7.71. The van der Waals surface area contributed by atoms with E-state index in [4.69, 9.17) is 0 Å². The Hall–Kier alpha value is -3.62. The molecule has 8 nitrogen and oxygen atoms in total. The molecule has 1 atom stereocenters. The van der Waals surface area contributed by atoms with Gasteiger partial charge < -0.3 is 10.6 Å². The van der Waals surface area contributed by atoms with Crippen LogP contribution < -0.4 is 10.6 Å². The van der Waals surface area contributed by atoms with Crippen molar-refractivity contribution in [3.63, 3.8) is 0 Å². The van der Waals surface area contributed by atoms with Crippen molar-refractivity contribution in [2.75, 3.05) is 11.9 Å². The third kappa shape index (κ3) is 4.16. The van der Waals surface area contributed by atoms with E-state index in [1.807, 2.05) is 19.1 Å². The Kier molecular flexibility index (Phi) is 5.75. The molecule has 160 valence electrons. The van der Waals surface area contributed by atoms with E-state index in [1.165, 1.54) is 6.07 Å². The Bertz CT molecular complexity index is 1180. The van der Waals surface area contributed by atoms with Crippen LogP contribution in [0.15, 0.2) is 53.2 Å². The molecule has 0 radical (unpaired) electrons. The maximum absolute atomic E-state index is 13.8. The molecule has 0 aliphatic carbocycles. The molecule has 9 heteroatoms. The Labute approximate surface area is 180 Å². The van der Waals surface area contributed by atoms with Crippen LogP contribution in [0.1, 0.15) is 38.7 Å². The highest BCUT2D eigenvalue weighted by Gasteiger charge is 2.22. The lowest BCUT2D eigenvalue weighted by Crippen LogP contribution is -2.38. The summed E-state index contributed by atoms with van der Waals surface area (Å²) in [6, 6.07) is 1.42. The van der Waals surface area contributed by atoms with Crippen molar-refractivity contribution in [2.24, 2.45) is 4.99 Å². The summed E-state index contributed by atoms with van der Waals surface area (Å²) < 4.78 is 15.5. The van der Waals surface area contributed by atoms with Gasteiger partial charge in [0.25, 0.3) is 0 Å². The van der Waals surface area contributed by atoms with Gasteiger partial charge in [0.2, 0.25) is 5.95 Å². The predicted octanol–water partition coefficient (Wildman–Crippen LogP) is 3.71. The number of hydrogen-bond acceptors (Lipinski definition) is 7. The van der Waals surface area contributed by atoms with Gasteiger partial charge >= 0.3 is 0 Å². The molecule has 0 bridgehead atoms. The van der Waals surface area contributed by atoms with Crippen molar-refractivity contribution < 1.29 is 4.39 Å². The molecule has 31 heavy (non-hydrogen) atoms. The average Bonchev–Trinajstić information content (AvgIpc) is 3.19. The van der Waals surface area contributed by atoms with Crippen molar-refractivity contribution in [3.05, 3.63) is 59.6 Å². The van der Waals surface area contributed by atoms with Gasteiger partial charge in [-0.3, -0.25) is 4.98 Å². The summed E-state index contributed by atoms with van der Waals surface area (Å²) in [6.45, 7) is 10.4. The van der Waals surface area contributed by atoms with E-state index < -0.39 is 5.82 Å². The van der Waals surface area contributed by atoms with E-state index in [2.05, 4.69) is 56.2 Å². The molecule has 3 aromatic rings. The summed E-state index contributed by atoms with van der Waals surface area (Å²) in [5.74, 6) is 1.51. The minimum Gasteiger partial charge on any atom is -0.368 e. The number of nitrogens with one attached hydrogen (secondary N) is 2. The van der Waals surface area contributed by atoms with Gasteiger partial charge in [-0.1, -0.05) is 26.0 Å². The Morgan fingerprint density at radius 1 is 1.32 bits per heavy atom. The van der Waals surface area contributed by atoms with E-state index in [1.54, 1.807) is 16.9 Å². The first-order chi connectivity index (χ1) is 15.0. The summed E-state index contributed by atoms with van der Waals surface area (Å²) in [7, 11) is 0. The SMILES string of the molecule is C=NC1=C(/C=C\C)C[C@@H](Nc2nc(-c3cncc(F)c3)nc3c(C(C)C)cnn23)CN1. The van der Waals surface area contributed by atoms with Crippen LogP contribution in [0.4, 0.5) is 10.3 Å². The molecule has 2 N–H and O–H groups in total. The summed E-state index contributed by atoms with van der Waals surface area (Å²) in [5, 5.41) is 11.3. The Morgan fingerprint density at radius 2 is 2.16 bits per heavy atom. The van der Waals surface area contributed by atoms with Crippen LogP contribution in [-0.4, -0.2) is 43.9 Å². The van der Waals surface area contributed by atoms with E-state index >= 15 is 0 Å². The van der Waals surface area contributed by atoms with Gasteiger partial charge in [0, 0.05) is 23.9 Å². The Balaban J connectivity index is 1.76. The van der Waals surface area contributed by atoms with Crippen LogP contribution >= 0.6 is 0 Å². The lowest BCUT2D eigenvalue weighted by molar-refractivity contribution is 0.598. The lowest BCUT2D eigenvalue weighted by atomic mass is 10.0. The molecule has 0 saturated heterocycles. The molecule has 0 unspecified atom stereocenters. The number of aromatic nitrogens is 5. The maximum Gasteiger partial charge on any atom is 0.228 e. The third-order valence-corrected chi connectivity index (χ3v) is 5.13. The number of halogens is 1. The molecule has 0 amide bonds. The first kappa shape index (κ1) is 20.6. The zero-order chi connectivity index (χ0) is 22.0. The molecule has 4 rings (SSSR count). The average molecular weight is 420 g/mol. The molecule has 0 fully saturated rings. The van der Waals surface area contributed by atoms with E-state index in [0.29, 0.717) is 29.5 Å². The number of hydrogen-bond donors (Lipinski definition) is 2. The third-order valence-electron chi connectivity index (χ3n) is 5.13. The molecule has 3 aromatic heterocycles. The van der Waals surface area contributed by atoms with E-state index in [0.717, 1.165) is 29.6 Å². The highest BCUT2D eigenvalue weighted by Crippen LogP contribution is 2.26. The number of nitrogens with zero attached hydrogens (tertiary/aromatic N) is 6. The van der Waals surface area contributed by atoms with Crippen LogP contribution in [0.3, 0.4) is 0 Å².